The Kier molecular flexibility index (Phi) is 2.31. The summed E-state index contributed by atoms with van der Waals surface area (Å²) in [7, 11) is 0. The van der Waals surface area contributed by atoms with Crippen molar-refractivity contribution < 1.29 is 0 Å². The van der Waals surface area contributed by atoms with Crippen LogP contribution in [0.1, 0.15) is 19.8 Å². The van der Waals surface area contributed by atoms with Crippen LogP contribution >= 0.6 is 0 Å². The molecule has 0 amide bonds. The van der Waals surface area contributed by atoms with Crippen molar-refractivity contribution in [3.63, 3.8) is 0 Å². The fourth-order valence-corrected chi connectivity index (χ4v) is 2.54. The zero-order chi connectivity index (χ0) is 11.0. The van der Waals surface area contributed by atoms with Crippen LogP contribution in [0, 0.1) is 0 Å². The summed E-state index contributed by atoms with van der Waals surface area (Å²) in [4.78, 5) is 9.33. The Labute approximate surface area is 96.4 Å². The van der Waals surface area contributed by atoms with E-state index in [9.17, 15) is 0 Å². The number of nitrogens with zero attached hydrogens (tertiary/aromatic N) is 3. The van der Waals surface area contributed by atoms with E-state index < -0.39 is 0 Å². The second kappa shape index (κ2) is 3.81. The van der Waals surface area contributed by atoms with Crippen LogP contribution < -0.4 is 0 Å². The van der Waals surface area contributed by atoms with Gasteiger partial charge >= 0.3 is 0 Å². The molecular weight excluding hydrogens is 198 g/mol. The largest absolute Gasteiger partial charge is 0.311 e. The number of allylic oxidation sites excluding steroid dienone is 4. The topological polar surface area (TPSA) is 18.8 Å². The average Bonchev–Trinajstić information content (AvgIpc) is 2.49. The van der Waals surface area contributed by atoms with E-state index in [0.29, 0.717) is 0 Å². The van der Waals surface area contributed by atoms with Gasteiger partial charge in [-0.15, -0.1) is 0 Å². The van der Waals surface area contributed by atoms with E-state index in [4.69, 9.17) is 0 Å². The molecule has 2 heterocycles. The van der Waals surface area contributed by atoms with E-state index in [1.807, 2.05) is 0 Å². The Balaban J connectivity index is 2.08. The molecule has 0 aromatic heterocycles. The molecule has 0 atom stereocenters. The number of likely N-dealkylation sites (N-methyl/N-ethyl adjacent to an activating group) is 1. The molecule has 0 bridgehead atoms. The highest BCUT2D eigenvalue weighted by Gasteiger charge is 2.33. The van der Waals surface area contributed by atoms with Gasteiger partial charge in [0.15, 0.2) is 0 Å². The predicted molar refractivity (Wildman–Crippen MR) is 65.9 cm³/mol. The maximum absolute atomic E-state index is 4.66. The molecule has 3 rings (SSSR count). The summed E-state index contributed by atoms with van der Waals surface area (Å²) >= 11 is 0. The van der Waals surface area contributed by atoms with Crippen LogP contribution in [0.3, 0.4) is 0 Å². The second-order valence-electron chi connectivity index (χ2n) is 4.24. The summed E-state index contributed by atoms with van der Waals surface area (Å²) in [6, 6.07) is 0. The maximum Gasteiger partial charge on any atom is 0.205 e. The molecule has 2 aliphatic heterocycles. The van der Waals surface area contributed by atoms with Gasteiger partial charge in [0.2, 0.25) is 5.96 Å². The number of rotatable bonds is 1. The average molecular weight is 215 g/mol. The SMILES string of the molecule is CCN1C2=NCCCN2C2=C1C=CCC=C2. The minimum atomic E-state index is 0.969. The standard InChI is InChI=1S/C13H17N3/c1-2-15-11-7-4-3-5-8-12(11)16-10-6-9-14-13(15)16/h4-5,7-8H,2-3,6,9-10H2,1H3. The van der Waals surface area contributed by atoms with E-state index in [1.54, 1.807) is 0 Å². The molecule has 16 heavy (non-hydrogen) atoms. The Morgan fingerprint density at radius 3 is 2.88 bits per heavy atom. The molecule has 3 nitrogen and oxygen atoms in total. The third-order valence-corrected chi connectivity index (χ3v) is 3.26. The molecule has 0 saturated carbocycles. The lowest BCUT2D eigenvalue weighted by Crippen LogP contribution is -2.38. The van der Waals surface area contributed by atoms with Gasteiger partial charge in [0.05, 0.1) is 11.4 Å². The van der Waals surface area contributed by atoms with Gasteiger partial charge < -0.3 is 9.80 Å². The third kappa shape index (κ3) is 1.31. The van der Waals surface area contributed by atoms with Gasteiger partial charge in [0.1, 0.15) is 0 Å². The highest BCUT2D eigenvalue weighted by atomic mass is 15.4. The lowest BCUT2D eigenvalue weighted by atomic mass is 10.2. The van der Waals surface area contributed by atoms with Crippen molar-refractivity contribution in [2.45, 2.75) is 19.8 Å². The first-order chi connectivity index (χ1) is 7.92. The summed E-state index contributed by atoms with van der Waals surface area (Å²) in [5.74, 6) is 1.15. The van der Waals surface area contributed by atoms with E-state index in [0.717, 1.165) is 38.4 Å². The van der Waals surface area contributed by atoms with Gasteiger partial charge in [-0.2, -0.15) is 0 Å². The van der Waals surface area contributed by atoms with Crippen LogP contribution in [0.25, 0.3) is 0 Å². The van der Waals surface area contributed by atoms with Crippen molar-refractivity contribution in [2.24, 2.45) is 4.99 Å². The molecule has 3 aliphatic rings. The second-order valence-corrected chi connectivity index (χ2v) is 4.24. The van der Waals surface area contributed by atoms with Gasteiger partial charge in [0.25, 0.3) is 0 Å². The van der Waals surface area contributed by atoms with Gasteiger partial charge in [-0.05, 0) is 31.9 Å². The fourth-order valence-electron chi connectivity index (χ4n) is 2.54. The lowest BCUT2D eigenvalue weighted by molar-refractivity contribution is 0.446. The van der Waals surface area contributed by atoms with Crippen LogP contribution in [0.5, 0.6) is 0 Å². The molecule has 0 spiro atoms. The molecule has 1 aliphatic carbocycles. The van der Waals surface area contributed by atoms with E-state index in [1.165, 1.54) is 11.4 Å². The Hall–Kier alpha value is -1.51. The van der Waals surface area contributed by atoms with Crippen molar-refractivity contribution in [2.75, 3.05) is 19.6 Å². The minimum Gasteiger partial charge on any atom is -0.311 e. The highest BCUT2D eigenvalue weighted by molar-refractivity contribution is 5.88. The predicted octanol–water partition coefficient (Wildman–Crippen LogP) is 2.11. The van der Waals surface area contributed by atoms with Gasteiger partial charge in [-0.3, -0.25) is 4.99 Å². The quantitative estimate of drug-likeness (QED) is 0.667. The molecule has 3 heteroatoms. The van der Waals surface area contributed by atoms with Crippen molar-refractivity contribution >= 4 is 5.96 Å². The van der Waals surface area contributed by atoms with Crippen LogP contribution in [-0.2, 0) is 0 Å². The number of hydrogen-bond acceptors (Lipinski definition) is 3. The molecule has 0 unspecified atom stereocenters. The molecule has 0 N–H and O–H groups in total. The molecule has 0 fully saturated rings. The monoisotopic (exact) mass is 215 g/mol. The summed E-state index contributed by atoms with van der Waals surface area (Å²) < 4.78 is 0. The Morgan fingerprint density at radius 2 is 2.06 bits per heavy atom. The lowest BCUT2D eigenvalue weighted by Gasteiger charge is -2.27. The Morgan fingerprint density at radius 1 is 1.25 bits per heavy atom. The molecular formula is C13H17N3. The van der Waals surface area contributed by atoms with Gasteiger partial charge in [-0.25, -0.2) is 0 Å². The van der Waals surface area contributed by atoms with Crippen molar-refractivity contribution in [3.8, 4) is 0 Å². The number of aliphatic imine (C=N–C) groups is 1. The zero-order valence-corrected chi connectivity index (χ0v) is 9.69. The smallest absolute Gasteiger partial charge is 0.205 e. The van der Waals surface area contributed by atoms with Crippen LogP contribution in [0.4, 0.5) is 0 Å². The fraction of sp³-hybridized carbons (Fsp3) is 0.462. The summed E-state index contributed by atoms with van der Waals surface area (Å²) in [5.41, 5.74) is 2.64. The molecule has 84 valence electrons. The van der Waals surface area contributed by atoms with Crippen molar-refractivity contribution in [1.29, 1.82) is 0 Å². The van der Waals surface area contributed by atoms with Crippen LogP contribution in [0.15, 0.2) is 40.7 Å². The van der Waals surface area contributed by atoms with Crippen LogP contribution in [-0.4, -0.2) is 35.4 Å². The zero-order valence-electron chi connectivity index (χ0n) is 9.69. The number of guanidine groups is 1. The minimum absolute atomic E-state index is 0.969. The van der Waals surface area contributed by atoms with Gasteiger partial charge in [-0.1, -0.05) is 12.2 Å². The summed E-state index contributed by atoms with van der Waals surface area (Å²) in [6.45, 7) is 5.25. The normalized spacial score (nSPS) is 23.2. The molecule has 0 radical (unpaired) electrons. The first-order valence-electron chi connectivity index (χ1n) is 6.08. The molecule has 0 aromatic rings. The van der Waals surface area contributed by atoms with E-state index in [-0.39, 0.29) is 0 Å². The molecule has 0 saturated heterocycles. The van der Waals surface area contributed by atoms with Crippen molar-refractivity contribution in [1.82, 2.24) is 9.80 Å². The van der Waals surface area contributed by atoms with E-state index >= 15 is 0 Å². The van der Waals surface area contributed by atoms with E-state index in [2.05, 4.69) is 46.0 Å². The number of fused-ring (bicyclic) bond motifs is 2. The first-order valence-corrected chi connectivity index (χ1v) is 6.08. The summed E-state index contributed by atoms with van der Waals surface area (Å²) in [6.07, 6.45) is 11.1. The maximum atomic E-state index is 4.66. The summed E-state index contributed by atoms with van der Waals surface area (Å²) in [5, 5.41) is 0. The number of hydrogen-bond donors (Lipinski definition) is 0. The first kappa shape index (κ1) is 9.70. The van der Waals surface area contributed by atoms with Gasteiger partial charge in [0, 0.05) is 19.6 Å². The Bertz CT molecular complexity index is 401. The third-order valence-electron chi connectivity index (χ3n) is 3.26. The highest BCUT2D eigenvalue weighted by Crippen LogP contribution is 2.30. The van der Waals surface area contributed by atoms with Crippen molar-refractivity contribution in [3.05, 3.63) is 35.7 Å². The molecule has 0 aromatic carbocycles. The van der Waals surface area contributed by atoms with Crippen LogP contribution in [0.2, 0.25) is 0 Å².